The van der Waals surface area contributed by atoms with Crippen molar-refractivity contribution in [2.45, 2.75) is 0 Å². The summed E-state index contributed by atoms with van der Waals surface area (Å²) in [7, 11) is 1.57. The van der Waals surface area contributed by atoms with E-state index in [9.17, 15) is 4.79 Å². The van der Waals surface area contributed by atoms with Crippen LogP contribution >= 0.6 is 23.2 Å². The number of nitrogens with one attached hydrogen (secondary N) is 2. The van der Waals surface area contributed by atoms with Gasteiger partial charge < -0.3 is 15.4 Å². The first kappa shape index (κ1) is 18.0. The number of aromatic nitrogens is 1. The Morgan fingerprint density at radius 2 is 1.73 bits per heavy atom. The second-order valence-electron chi connectivity index (χ2n) is 5.37. The van der Waals surface area contributed by atoms with Crippen molar-refractivity contribution in [1.29, 1.82) is 0 Å². The fourth-order valence-electron chi connectivity index (χ4n) is 2.30. The maximum atomic E-state index is 12.5. The van der Waals surface area contributed by atoms with Gasteiger partial charge >= 0.3 is 0 Å². The summed E-state index contributed by atoms with van der Waals surface area (Å²) in [4.78, 5) is 16.6. The highest BCUT2D eigenvalue weighted by Crippen LogP contribution is 2.32. The van der Waals surface area contributed by atoms with Crippen LogP contribution in [0.3, 0.4) is 0 Å². The summed E-state index contributed by atoms with van der Waals surface area (Å²) in [5.74, 6) is 0.365. The number of anilines is 3. The number of hydrogen-bond donors (Lipinski definition) is 2. The molecule has 0 radical (unpaired) electrons. The third-order valence-corrected chi connectivity index (χ3v) is 4.19. The van der Waals surface area contributed by atoms with Crippen LogP contribution < -0.4 is 15.4 Å². The van der Waals surface area contributed by atoms with Crippen molar-refractivity contribution >= 4 is 46.2 Å². The SMILES string of the molecule is COc1cccc(NC(=O)c2cncc(Nc3c(Cl)cccc3Cl)c2)c1. The summed E-state index contributed by atoms with van der Waals surface area (Å²) in [6, 6.07) is 14.0. The maximum Gasteiger partial charge on any atom is 0.257 e. The molecule has 2 N–H and O–H groups in total. The largest absolute Gasteiger partial charge is 0.497 e. The molecule has 1 heterocycles. The van der Waals surface area contributed by atoms with E-state index >= 15 is 0 Å². The number of methoxy groups -OCH3 is 1. The van der Waals surface area contributed by atoms with Crippen molar-refractivity contribution in [1.82, 2.24) is 4.98 Å². The predicted octanol–water partition coefficient (Wildman–Crippen LogP) is 5.39. The normalized spacial score (nSPS) is 10.3. The molecule has 26 heavy (non-hydrogen) atoms. The van der Waals surface area contributed by atoms with Gasteiger partial charge in [0.2, 0.25) is 0 Å². The Hall–Kier alpha value is -2.76. The number of benzene rings is 2. The van der Waals surface area contributed by atoms with Gasteiger partial charge in [-0.3, -0.25) is 9.78 Å². The number of ether oxygens (including phenoxy) is 1. The lowest BCUT2D eigenvalue weighted by Crippen LogP contribution is -2.12. The first-order valence-electron chi connectivity index (χ1n) is 7.68. The average Bonchev–Trinajstić information content (AvgIpc) is 2.65. The molecule has 0 unspecified atom stereocenters. The zero-order valence-corrected chi connectivity index (χ0v) is 15.3. The van der Waals surface area contributed by atoms with Crippen LogP contribution in [0.15, 0.2) is 60.9 Å². The van der Waals surface area contributed by atoms with E-state index in [-0.39, 0.29) is 5.91 Å². The molecule has 1 amide bonds. The van der Waals surface area contributed by atoms with Crippen molar-refractivity contribution in [3.05, 3.63) is 76.5 Å². The topological polar surface area (TPSA) is 63.2 Å². The Balaban J connectivity index is 1.79. The molecule has 3 rings (SSSR count). The zero-order chi connectivity index (χ0) is 18.5. The number of carbonyl (C=O) groups is 1. The fraction of sp³-hybridized carbons (Fsp3) is 0.0526. The molecule has 132 valence electrons. The van der Waals surface area contributed by atoms with E-state index < -0.39 is 0 Å². The second kappa shape index (κ2) is 8.08. The summed E-state index contributed by atoms with van der Waals surface area (Å²) in [6.07, 6.45) is 3.07. The summed E-state index contributed by atoms with van der Waals surface area (Å²) in [5, 5.41) is 6.85. The molecule has 2 aromatic carbocycles. The minimum absolute atomic E-state index is 0.292. The van der Waals surface area contributed by atoms with Crippen LogP contribution in [-0.4, -0.2) is 18.0 Å². The van der Waals surface area contributed by atoms with E-state index in [2.05, 4.69) is 15.6 Å². The third-order valence-electron chi connectivity index (χ3n) is 3.56. The molecule has 1 aromatic heterocycles. The van der Waals surface area contributed by atoms with Crippen molar-refractivity contribution in [2.75, 3.05) is 17.7 Å². The molecule has 0 aliphatic carbocycles. The van der Waals surface area contributed by atoms with Crippen molar-refractivity contribution in [3.8, 4) is 5.75 Å². The Bertz CT molecular complexity index is 927. The number of nitrogens with zero attached hydrogens (tertiary/aromatic N) is 1. The molecule has 0 fully saturated rings. The van der Waals surface area contributed by atoms with Gasteiger partial charge in [0, 0.05) is 18.0 Å². The number of halogens is 2. The number of amides is 1. The van der Waals surface area contributed by atoms with Crippen LogP contribution in [0, 0.1) is 0 Å². The molecule has 0 aliphatic rings. The molecular weight excluding hydrogens is 373 g/mol. The Morgan fingerprint density at radius 1 is 1.00 bits per heavy atom. The summed E-state index contributed by atoms with van der Waals surface area (Å²) in [5.41, 5.74) is 2.17. The highest BCUT2D eigenvalue weighted by Gasteiger charge is 2.10. The van der Waals surface area contributed by atoms with Crippen molar-refractivity contribution < 1.29 is 9.53 Å². The molecule has 7 heteroatoms. The quantitative estimate of drug-likeness (QED) is 0.615. The number of pyridine rings is 1. The first-order valence-corrected chi connectivity index (χ1v) is 8.44. The number of hydrogen-bond acceptors (Lipinski definition) is 4. The zero-order valence-electron chi connectivity index (χ0n) is 13.8. The van der Waals surface area contributed by atoms with E-state index in [4.69, 9.17) is 27.9 Å². The van der Waals surface area contributed by atoms with Crippen LogP contribution in [0.4, 0.5) is 17.1 Å². The maximum absolute atomic E-state index is 12.5. The molecule has 0 bridgehead atoms. The monoisotopic (exact) mass is 387 g/mol. The second-order valence-corrected chi connectivity index (χ2v) is 6.18. The minimum atomic E-state index is -0.292. The minimum Gasteiger partial charge on any atom is -0.497 e. The highest BCUT2D eigenvalue weighted by molar-refractivity contribution is 6.39. The molecular formula is C19H15Cl2N3O2. The Morgan fingerprint density at radius 3 is 2.46 bits per heavy atom. The first-order chi connectivity index (χ1) is 12.6. The van der Waals surface area contributed by atoms with Gasteiger partial charge in [0.15, 0.2) is 0 Å². The number of rotatable bonds is 5. The van der Waals surface area contributed by atoms with Gasteiger partial charge in [-0.15, -0.1) is 0 Å². The van der Waals surface area contributed by atoms with Crippen LogP contribution in [0.25, 0.3) is 0 Å². The average molecular weight is 388 g/mol. The molecule has 0 saturated carbocycles. The van der Waals surface area contributed by atoms with E-state index in [0.717, 1.165) is 0 Å². The van der Waals surface area contributed by atoms with Crippen LogP contribution in [0.1, 0.15) is 10.4 Å². The van der Waals surface area contributed by atoms with E-state index in [1.54, 1.807) is 61.8 Å². The third kappa shape index (κ3) is 4.25. The lowest BCUT2D eigenvalue weighted by Gasteiger charge is -2.11. The van der Waals surface area contributed by atoms with Crippen molar-refractivity contribution in [2.24, 2.45) is 0 Å². The van der Waals surface area contributed by atoms with Gasteiger partial charge in [0.05, 0.1) is 40.3 Å². The molecule has 3 aromatic rings. The summed E-state index contributed by atoms with van der Waals surface area (Å²) < 4.78 is 5.15. The van der Waals surface area contributed by atoms with Gasteiger partial charge in [0.1, 0.15) is 5.75 Å². The van der Waals surface area contributed by atoms with Gasteiger partial charge in [-0.1, -0.05) is 35.3 Å². The van der Waals surface area contributed by atoms with Gasteiger partial charge in [0.25, 0.3) is 5.91 Å². The van der Waals surface area contributed by atoms with Gasteiger partial charge in [-0.2, -0.15) is 0 Å². The smallest absolute Gasteiger partial charge is 0.257 e. The van der Waals surface area contributed by atoms with Crippen LogP contribution in [-0.2, 0) is 0 Å². The molecule has 0 saturated heterocycles. The molecule has 0 aliphatic heterocycles. The lowest BCUT2D eigenvalue weighted by atomic mass is 10.2. The number of para-hydroxylation sites is 1. The summed E-state index contributed by atoms with van der Waals surface area (Å²) in [6.45, 7) is 0. The van der Waals surface area contributed by atoms with Gasteiger partial charge in [-0.25, -0.2) is 0 Å². The Kier molecular flexibility index (Phi) is 5.61. The van der Waals surface area contributed by atoms with E-state index in [0.29, 0.717) is 38.4 Å². The van der Waals surface area contributed by atoms with E-state index in [1.165, 1.54) is 6.20 Å². The summed E-state index contributed by atoms with van der Waals surface area (Å²) >= 11 is 12.3. The van der Waals surface area contributed by atoms with Gasteiger partial charge in [-0.05, 0) is 30.3 Å². The fourth-order valence-corrected chi connectivity index (χ4v) is 2.79. The van der Waals surface area contributed by atoms with E-state index in [1.807, 2.05) is 0 Å². The predicted molar refractivity (Wildman–Crippen MR) is 105 cm³/mol. The number of carbonyl (C=O) groups excluding carboxylic acids is 1. The van der Waals surface area contributed by atoms with Crippen LogP contribution in [0.2, 0.25) is 10.0 Å². The van der Waals surface area contributed by atoms with Crippen LogP contribution in [0.5, 0.6) is 5.75 Å². The molecule has 0 atom stereocenters. The Labute approximate surface area is 160 Å². The molecule has 5 nitrogen and oxygen atoms in total. The lowest BCUT2D eigenvalue weighted by molar-refractivity contribution is 0.102. The molecule has 0 spiro atoms. The highest BCUT2D eigenvalue weighted by atomic mass is 35.5. The standard InChI is InChI=1S/C19H15Cl2N3O2/c1-26-15-5-2-4-13(9-15)24-19(25)12-8-14(11-22-10-12)23-18-16(20)6-3-7-17(18)21/h2-11,23H,1H3,(H,24,25). The van der Waals surface area contributed by atoms with Crippen molar-refractivity contribution in [3.63, 3.8) is 0 Å².